The first-order valence-electron chi connectivity index (χ1n) is 3.23. The van der Waals surface area contributed by atoms with E-state index in [0.717, 1.165) is 10.2 Å². The summed E-state index contributed by atoms with van der Waals surface area (Å²) in [5.74, 6) is 0. The van der Waals surface area contributed by atoms with Gasteiger partial charge in [-0.2, -0.15) is 0 Å². The van der Waals surface area contributed by atoms with Gasteiger partial charge < -0.3 is 4.85 Å². The van der Waals surface area contributed by atoms with Gasteiger partial charge in [0.25, 0.3) is 0 Å². The van der Waals surface area contributed by atoms with Crippen molar-refractivity contribution in [2.24, 2.45) is 0 Å². The third-order valence-corrected chi connectivity index (χ3v) is 2.58. The number of thiazole rings is 1. The molecular weight excluding hydrogens is 192 g/mol. The molecule has 2 rings (SSSR count). The summed E-state index contributed by atoms with van der Waals surface area (Å²) in [6.07, 6.45) is 0. The van der Waals surface area contributed by atoms with Crippen molar-refractivity contribution in [3.8, 4) is 0 Å². The minimum Gasteiger partial charge on any atom is -0.351 e. The number of hydrogen-bond donors (Lipinski definition) is 0. The van der Waals surface area contributed by atoms with Gasteiger partial charge in [-0.3, -0.25) is 0 Å². The molecule has 2 nitrogen and oxygen atoms in total. The third kappa shape index (κ3) is 1.15. The van der Waals surface area contributed by atoms with Gasteiger partial charge in [-0.05, 0) is 18.2 Å². The summed E-state index contributed by atoms with van der Waals surface area (Å²) in [5, 5.41) is 1.15. The van der Waals surface area contributed by atoms with Crippen molar-refractivity contribution in [1.29, 1.82) is 0 Å². The molecule has 0 bridgehead atoms. The monoisotopic (exact) mass is 194 g/mol. The van der Waals surface area contributed by atoms with Crippen molar-refractivity contribution in [3.05, 3.63) is 34.6 Å². The Bertz CT molecular complexity index is 469. The SMILES string of the molecule is [C-]#[N+]c1nc2ccc(Cl)cc2s1. The lowest BCUT2D eigenvalue weighted by atomic mass is 10.3. The van der Waals surface area contributed by atoms with Gasteiger partial charge in [0.05, 0.1) is 4.70 Å². The highest BCUT2D eigenvalue weighted by molar-refractivity contribution is 7.22. The summed E-state index contributed by atoms with van der Waals surface area (Å²) in [7, 11) is 0. The molecule has 1 aromatic heterocycles. The molecule has 0 unspecified atom stereocenters. The molecule has 0 N–H and O–H groups in total. The molecule has 1 heterocycles. The van der Waals surface area contributed by atoms with Crippen LogP contribution in [-0.2, 0) is 0 Å². The molecule has 0 atom stereocenters. The van der Waals surface area contributed by atoms with Crippen molar-refractivity contribution in [2.75, 3.05) is 0 Å². The molecule has 0 saturated heterocycles. The van der Waals surface area contributed by atoms with Crippen LogP contribution in [-0.4, -0.2) is 4.98 Å². The molecule has 2 aromatic rings. The number of rotatable bonds is 0. The maximum Gasteiger partial charge on any atom is 0.330 e. The second-order valence-corrected chi connectivity index (χ2v) is 3.67. The van der Waals surface area contributed by atoms with Crippen LogP contribution in [0.2, 0.25) is 5.02 Å². The topological polar surface area (TPSA) is 17.2 Å². The number of benzene rings is 1. The van der Waals surface area contributed by atoms with Gasteiger partial charge >= 0.3 is 5.13 Å². The smallest absolute Gasteiger partial charge is 0.330 e. The summed E-state index contributed by atoms with van der Waals surface area (Å²) in [6.45, 7) is 6.77. The van der Waals surface area contributed by atoms with Crippen LogP contribution in [0.15, 0.2) is 18.2 Å². The molecular formula is C8H3ClN2S. The zero-order chi connectivity index (χ0) is 8.55. The second kappa shape index (κ2) is 2.74. The van der Waals surface area contributed by atoms with Crippen LogP contribution in [0, 0.1) is 6.57 Å². The van der Waals surface area contributed by atoms with Crippen molar-refractivity contribution in [1.82, 2.24) is 4.98 Å². The minimum absolute atomic E-state index is 0.465. The minimum atomic E-state index is 0.465. The van der Waals surface area contributed by atoms with Crippen molar-refractivity contribution in [2.45, 2.75) is 0 Å². The van der Waals surface area contributed by atoms with Crippen LogP contribution in [0.4, 0.5) is 5.13 Å². The van der Waals surface area contributed by atoms with E-state index >= 15 is 0 Å². The van der Waals surface area contributed by atoms with Crippen LogP contribution in [0.5, 0.6) is 0 Å². The summed E-state index contributed by atoms with van der Waals surface area (Å²) >= 11 is 7.13. The average molecular weight is 195 g/mol. The fourth-order valence-electron chi connectivity index (χ4n) is 0.934. The molecule has 58 valence electrons. The Kier molecular flexibility index (Phi) is 1.72. The van der Waals surface area contributed by atoms with E-state index in [4.69, 9.17) is 18.2 Å². The van der Waals surface area contributed by atoms with Gasteiger partial charge in [-0.1, -0.05) is 18.2 Å². The third-order valence-electron chi connectivity index (χ3n) is 1.43. The highest BCUT2D eigenvalue weighted by atomic mass is 35.5. The number of aromatic nitrogens is 1. The summed E-state index contributed by atoms with van der Waals surface area (Å²) in [6, 6.07) is 5.42. The Balaban J connectivity index is 2.77. The second-order valence-electron chi connectivity index (χ2n) is 2.22. The summed E-state index contributed by atoms with van der Waals surface area (Å²) < 4.78 is 0.966. The molecule has 4 heteroatoms. The van der Waals surface area contributed by atoms with Crippen LogP contribution < -0.4 is 0 Å². The van der Waals surface area contributed by atoms with E-state index < -0.39 is 0 Å². The van der Waals surface area contributed by atoms with E-state index in [1.54, 1.807) is 6.07 Å². The Hall–Kier alpha value is -1.11. The van der Waals surface area contributed by atoms with Crippen molar-refractivity contribution in [3.63, 3.8) is 0 Å². The molecule has 0 fully saturated rings. The van der Waals surface area contributed by atoms with Crippen LogP contribution >= 0.6 is 22.9 Å². The molecule has 0 amide bonds. The van der Waals surface area contributed by atoms with E-state index in [0.29, 0.717) is 10.2 Å². The lowest BCUT2D eigenvalue weighted by Crippen LogP contribution is -1.65. The Morgan fingerprint density at radius 1 is 1.50 bits per heavy atom. The number of fused-ring (bicyclic) bond motifs is 1. The molecule has 0 saturated carbocycles. The maximum atomic E-state index is 6.77. The highest BCUT2D eigenvalue weighted by Crippen LogP contribution is 2.29. The van der Waals surface area contributed by atoms with Gasteiger partial charge in [0.15, 0.2) is 5.52 Å². The zero-order valence-electron chi connectivity index (χ0n) is 5.91. The van der Waals surface area contributed by atoms with Gasteiger partial charge in [0.2, 0.25) is 0 Å². The van der Waals surface area contributed by atoms with Crippen LogP contribution in [0.3, 0.4) is 0 Å². The predicted octanol–water partition coefficient (Wildman–Crippen LogP) is 3.50. The molecule has 0 spiro atoms. The Morgan fingerprint density at radius 3 is 3.08 bits per heavy atom. The number of hydrogen-bond acceptors (Lipinski definition) is 2. The first-order chi connectivity index (χ1) is 5.79. The largest absolute Gasteiger partial charge is 0.351 e. The predicted molar refractivity (Wildman–Crippen MR) is 50.9 cm³/mol. The van der Waals surface area contributed by atoms with E-state index in [9.17, 15) is 0 Å². The first-order valence-corrected chi connectivity index (χ1v) is 4.42. The molecule has 0 aliphatic rings. The van der Waals surface area contributed by atoms with Crippen molar-refractivity contribution >= 4 is 38.3 Å². The molecule has 0 aliphatic carbocycles. The maximum absolute atomic E-state index is 6.77. The average Bonchev–Trinajstić information content (AvgIpc) is 2.46. The van der Waals surface area contributed by atoms with Gasteiger partial charge in [0.1, 0.15) is 0 Å². The normalized spacial score (nSPS) is 10.0. The standard InChI is InChI=1S/C8H3ClN2S/c1-10-8-11-6-3-2-5(9)4-7(6)12-8/h2-4H. The number of nitrogens with zero attached hydrogens (tertiary/aromatic N) is 2. The lowest BCUT2D eigenvalue weighted by molar-refractivity contribution is 1.52. The molecule has 0 aliphatic heterocycles. The fraction of sp³-hybridized carbons (Fsp3) is 0. The number of halogens is 1. The zero-order valence-corrected chi connectivity index (χ0v) is 7.49. The summed E-state index contributed by atoms with van der Waals surface area (Å²) in [4.78, 5) is 7.33. The Morgan fingerprint density at radius 2 is 2.33 bits per heavy atom. The van der Waals surface area contributed by atoms with E-state index in [-0.39, 0.29) is 0 Å². The van der Waals surface area contributed by atoms with Crippen LogP contribution in [0.1, 0.15) is 0 Å². The molecule has 0 radical (unpaired) electrons. The van der Waals surface area contributed by atoms with Gasteiger partial charge in [-0.25, -0.2) is 0 Å². The summed E-state index contributed by atoms with van der Waals surface area (Å²) in [5.41, 5.74) is 0.843. The first kappa shape index (κ1) is 7.53. The Labute approximate surface area is 78.2 Å². The van der Waals surface area contributed by atoms with E-state index in [1.165, 1.54) is 11.3 Å². The van der Waals surface area contributed by atoms with E-state index in [1.807, 2.05) is 12.1 Å². The van der Waals surface area contributed by atoms with Crippen molar-refractivity contribution < 1.29 is 0 Å². The lowest BCUT2D eigenvalue weighted by Gasteiger charge is -1.84. The van der Waals surface area contributed by atoms with Crippen LogP contribution in [0.25, 0.3) is 15.1 Å². The quantitative estimate of drug-likeness (QED) is 0.587. The highest BCUT2D eigenvalue weighted by Gasteiger charge is 2.04. The molecule has 12 heavy (non-hydrogen) atoms. The van der Waals surface area contributed by atoms with Gasteiger partial charge in [-0.15, -0.1) is 16.3 Å². The molecule has 1 aromatic carbocycles. The van der Waals surface area contributed by atoms with Gasteiger partial charge in [0, 0.05) is 5.02 Å². The fourth-order valence-corrected chi connectivity index (χ4v) is 1.96. The van der Waals surface area contributed by atoms with E-state index in [2.05, 4.69) is 9.83 Å².